The van der Waals surface area contributed by atoms with Crippen molar-refractivity contribution in [1.29, 1.82) is 0 Å². The molecule has 0 bridgehead atoms. The highest BCUT2D eigenvalue weighted by Crippen LogP contribution is 2.10. The lowest BCUT2D eigenvalue weighted by molar-refractivity contribution is -0.132. The number of nitrogens with zero attached hydrogens (tertiary/aromatic N) is 1. The van der Waals surface area contributed by atoms with E-state index in [2.05, 4.69) is 12.2 Å². The van der Waals surface area contributed by atoms with Gasteiger partial charge in [0, 0.05) is 38.1 Å². The highest BCUT2D eigenvalue weighted by Gasteiger charge is 2.24. The van der Waals surface area contributed by atoms with E-state index in [0.29, 0.717) is 18.5 Å². The Bertz CT molecular complexity index is 206. The molecule has 14 heavy (non-hydrogen) atoms. The van der Waals surface area contributed by atoms with E-state index in [1.54, 1.807) is 4.90 Å². The number of amides is 1. The first-order valence-electron chi connectivity index (χ1n) is 5.26. The van der Waals surface area contributed by atoms with Gasteiger partial charge in [0.2, 0.25) is 5.91 Å². The number of carbonyl (C=O) groups excluding carboxylic acids is 1. The lowest BCUT2D eigenvalue weighted by Crippen LogP contribution is -2.52. The number of hydrogen-bond acceptors (Lipinski definition) is 3. The van der Waals surface area contributed by atoms with Crippen LogP contribution in [-0.4, -0.2) is 42.5 Å². The third-order valence-corrected chi connectivity index (χ3v) is 2.91. The van der Waals surface area contributed by atoms with Gasteiger partial charge in [0.25, 0.3) is 0 Å². The Morgan fingerprint density at radius 3 is 2.71 bits per heavy atom. The number of nitrogens with two attached hydrogens (primary N) is 1. The van der Waals surface area contributed by atoms with Crippen LogP contribution in [-0.2, 0) is 4.79 Å². The van der Waals surface area contributed by atoms with Gasteiger partial charge in [-0.05, 0) is 20.3 Å². The Hall–Kier alpha value is -0.610. The summed E-state index contributed by atoms with van der Waals surface area (Å²) >= 11 is 0. The molecule has 82 valence electrons. The lowest BCUT2D eigenvalue weighted by atomic mass is 10.0. The molecule has 1 saturated heterocycles. The van der Waals surface area contributed by atoms with E-state index in [1.807, 2.05) is 14.0 Å². The molecule has 1 fully saturated rings. The summed E-state index contributed by atoms with van der Waals surface area (Å²) in [5, 5.41) is 3.45. The number of hydrogen-bond donors (Lipinski definition) is 2. The third kappa shape index (κ3) is 2.96. The number of piperidine rings is 1. The van der Waals surface area contributed by atoms with Crippen molar-refractivity contribution in [3.8, 4) is 0 Å². The molecule has 1 rings (SSSR count). The smallest absolute Gasteiger partial charge is 0.222 e. The van der Waals surface area contributed by atoms with Crippen molar-refractivity contribution in [3.63, 3.8) is 0 Å². The topological polar surface area (TPSA) is 58.4 Å². The number of nitrogens with one attached hydrogen (secondary N) is 1. The molecule has 1 amide bonds. The van der Waals surface area contributed by atoms with Gasteiger partial charge in [0.05, 0.1) is 0 Å². The Morgan fingerprint density at radius 2 is 2.21 bits per heavy atom. The predicted molar refractivity (Wildman–Crippen MR) is 56.9 cm³/mol. The van der Waals surface area contributed by atoms with E-state index in [1.165, 1.54) is 0 Å². The van der Waals surface area contributed by atoms with Crippen LogP contribution in [0.3, 0.4) is 0 Å². The highest BCUT2D eigenvalue weighted by molar-refractivity contribution is 5.76. The summed E-state index contributed by atoms with van der Waals surface area (Å²) in [5.74, 6) is 0.247. The molecule has 0 spiro atoms. The van der Waals surface area contributed by atoms with Gasteiger partial charge in [0.1, 0.15) is 0 Å². The number of carbonyl (C=O) groups is 1. The molecule has 0 aliphatic carbocycles. The summed E-state index contributed by atoms with van der Waals surface area (Å²) in [6, 6.07) is 0.859. The third-order valence-electron chi connectivity index (χ3n) is 2.91. The summed E-state index contributed by atoms with van der Waals surface area (Å²) < 4.78 is 0. The summed E-state index contributed by atoms with van der Waals surface area (Å²) in [7, 11) is 1.85. The van der Waals surface area contributed by atoms with Gasteiger partial charge in [-0.2, -0.15) is 0 Å². The Balaban J connectivity index is 2.36. The lowest BCUT2D eigenvalue weighted by Gasteiger charge is -2.33. The SMILES string of the molecule is CC(N)C(C)NC1CCC(=O)N(C)C1. The summed E-state index contributed by atoms with van der Waals surface area (Å²) in [4.78, 5) is 13.0. The number of likely N-dealkylation sites (tertiary alicyclic amines) is 1. The van der Waals surface area contributed by atoms with Crippen LogP contribution in [0.1, 0.15) is 26.7 Å². The highest BCUT2D eigenvalue weighted by atomic mass is 16.2. The predicted octanol–water partition coefficient (Wildman–Crippen LogP) is -0.0675. The number of rotatable bonds is 3. The first kappa shape index (κ1) is 11.5. The Morgan fingerprint density at radius 1 is 1.57 bits per heavy atom. The van der Waals surface area contributed by atoms with Crippen molar-refractivity contribution < 1.29 is 4.79 Å². The molecular formula is C10H21N3O. The molecule has 4 heteroatoms. The summed E-state index contributed by atoms with van der Waals surface area (Å²) in [5.41, 5.74) is 5.77. The average molecular weight is 199 g/mol. The molecule has 1 aliphatic heterocycles. The molecule has 0 aromatic carbocycles. The van der Waals surface area contributed by atoms with Crippen LogP contribution in [0.25, 0.3) is 0 Å². The largest absolute Gasteiger partial charge is 0.344 e. The van der Waals surface area contributed by atoms with E-state index >= 15 is 0 Å². The van der Waals surface area contributed by atoms with E-state index in [0.717, 1.165) is 13.0 Å². The second kappa shape index (κ2) is 4.75. The minimum Gasteiger partial charge on any atom is -0.344 e. The van der Waals surface area contributed by atoms with Gasteiger partial charge < -0.3 is 16.0 Å². The summed E-state index contributed by atoms with van der Waals surface area (Å²) in [6.07, 6.45) is 1.58. The van der Waals surface area contributed by atoms with E-state index in [-0.39, 0.29) is 11.9 Å². The van der Waals surface area contributed by atoms with Crippen molar-refractivity contribution in [2.45, 2.75) is 44.8 Å². The van der Waals surface area contributed by atoms with Crippen LogP contribution in [0.5, 0.6) is 0 Å². The maximum absolute atomic E-state index is 11.2. The second-order valence-corrected chi connectivity index (χ2v) is 4.32. The van der Waals surface area contributed by atoms with Crippen LogP contribution in [0.2, 0.25) is 0 Å². The standard InChI is InChI=1S/C10H21N3O/c1-7(11)8(2)12-9-4-5-10(14)13(3)6-9/h7-9,12H,4-6,11H2,1-3H3. The molecule has 0 aromatic heterocycles. The maximum Gasteiger partial charge on any atom is 0.222 e. The van der Waals surface area contributed by atoms with Crippen LogP contribution >= 0.6 is 0 Å². The van der Waals surface area contributed by atoms with Crippen LogP contribution in [0, 0.1) is 0 Å². The first-order valence-corrected chi connectivity index (χ1v) is 5.26. The Kier molecular flexibility index (Phi) is 3.89. The van der Waals surface area contributed by atoms with Crippen molar-refractivity contribution in [3.05, 3.63) is 0 Å². The Labute approximate surface area is 85.8 Å². The minimum absolute atomic E-state index is 0.151. The zero-order valence-electron chi connectivity index (χ0n) is 9.29. The number of likely N-dealkylation sites (N-methyl/N-ethyl adjacent to an activating group) is 1. The van der Waals surface area contributed by atoms with Crippen LogP contribution in [0.15, 0.2) is 0 Å². The van der Waals surface area contributed by atoms with E-state index < -0.39 is 0 Å². The molecule has 0 aromatic rings. The molecule has 3 unspecified atom stereocenters. The van der Waals surface area contributed by atoms with Gasteiger partial charge in [-0.15, -0.1) is 0 Å². The molecule has 3 N–H and O–H groups in total. The quantitative estimate of drug-likeness (QED) is 0.669. The van der Waals surface area contributed by atoms with Crippen molar-refractivity contribution >= 4 is 5.91 Å². The van der Waals surface area contributed by atoms with Gasteiger partial charge in [-0.1, -0.05) is 0 Å². The van der Waals surface area contributed by atoms with E-state index in [9.17, 15) is 4.79 Å². The van der Waals surface area contributed by atoms with Gasteiger partial charge in [-0.3, -0.25) is 4.79 Å². The summed E-state index contributed by atoms with van der Waals surface area (Å²) in [6.45, 7) is 4.88. The van der Waals surface area contributed by atoms with Crippen molar-refractivity contribution in [2.24, 2.45) is 5.73 Å². The molecule has 1 aliphatic rings. The first-order chi connectivity index (χ1) is 6.50. The van der Waals surface area contributed by atoms with Crippen molar-refractivity contribution in [2.75, 3.05) is 13.6 Å². The molecule has 0 radical (unpaired) electrons. The van der Waals surface area contributed by atoms with Crippen LogP contribution in [0.4, 0.5) is 0 Å². The van der Waals surface area contributed by atoms with Crippen LogP contribution < -0.4 is 11.1 Å². The fourth-order valence-corrected chi connectivity index (χ4v) is 1.67. The normalized spacial score (nSPS) is 27.6. The van der Waals surface area contributed by atoms with Crippen molar-refractivity contribution in [1.82, 2.24) is 10.2 Å². The van der Waals surface area contributed by atoms with Gasteiger partial charge in [0.15, 0.2) is 0 Å². The van der Waals surface area contributed by atoms with E-state index in [4.69, 9.17) is 5.73 Å². The molecule has 4 nitrogen and oxygen atoms in total. The average Bonchev–Trinajstić information content (AvgIpc) is 2.11. The fourth-order valence-electron chi connectivity index (χ4n) is 1.67. The monoisotopic (exact) mass is 199 g/mol. The minimum atomic E-state index is 0.151. The maximum atomic E-state index is 11.2. The van der Waals surface area contributed by atoms with Gasteiger partial charge >= 0.3 is 0 Å². The molecular weight excluding hydrogens is 178 g/mol. The zero-order valence-corrected chi connectivity index (χ0v) is 9.29. The second-order valence-electron chi connectivity index (χ2n) is 4.32. The zero-order chi connectivity index (χ0) is 10.7. The molecule has 1 heterocycles. The molecule has 3 atom stereocenters. The fraction of sp³-hybridized carbons (Fsp3) is 0.900. The van der Waals surface area contributed by atoms with Gasteiger partial charge in [-0.25, -0.2) is 0 Å². The molecule has 0 saturated carbocycles.